The van der Waals surface area contributed by atoms with Gasteiger partial charge in [-0.25, -0.2) is 8.42 Å². The zero-order chi connectivity index (χ0) is 20.1. The molecule has 1 amide bonds. The Kier molecular flexibility index (Phi) is 6.14. The van der Waals surface area contributed by atoms with Crippen LogP contribution in [0.2, 0.25) is 5.02 Å². The zero-order valence-electron chi connectivity index (χ0n) is 15.2. The van der Waals surface area contributed by atoms with Crippen molar-refractivity contribution in [3.8, 4) is 0 Å². The third kappa shape index (κ3) is 4.59. The summed E-state index contributed by atoms with van der Waals surface area (Å²) in [4.78, 5) is 12.5. The molecule has 5 nitrogen and oxygen atoms in total. The average molecular weight is 415 g/mol. The highest BCUT2D eigenvalue weighted by molar-refractivity contribution is 7.89. The Labute approximate surface area is 169 Å². The van der Waals surface area contributed by atoms with Gasteiger partial charge >= 0.3 is 0 Å². The minimum atomic E-state index is -3.66. The minimum absolute atomic E-state index is 0.125. The molecule has 28 heavy (non-hydrogen) atoms. The van der Waals surface area contributed by atoms with E-state index in [1.165, 1.54) is 35.6 Å². The van der Waals surface area contributed by atoms with Crippen LogP contribution >= 0.6 is 11.6 Å². The molecule has 3 aromatic rings. The predicted octanol–water partition coefficient (Wildman–Crippen LogP) is 4.41. The van der Waals surface area contributed by atoms with E-state index in [0.29, 0.717) is 16.3 Å². The van der Waals surface area contributed by atoms with Crippen LogP contribution < -0.4 is 5.32 Å². The Bertz CT molecular complexity index is 1070. The number of rotatable bonds is 6. The van der Waals surface area contributed by atoms with Crippen LogP contribution in [0.4, 0.5) is 5.69 Å². The zero-order valence-corrected chi connectivity index (χ0v) is 16.7. The van der Waals surface area contributed by atoms with E-state index in [2.05, 4.69) is 5.32 Å². The molecule has 0 radical (unpaired) electrons. The van der Waals surface area contributed by atoms with Gasteiger partial charge in [0.15, 0.2) is 0 Å². The average Bonchev–Trinajstić information content (AvgIpc) is 2.70. The van der Waals surface area contributed by atoms with E-state index in [1.54, 1.807) is 24.3 Å². The van der Waals surface area contributed by atoms with E-state index in [4.69, 9.17) is 11.6 Å². The van der Waals surface area contributed by atoms with Gasteiger partial charge < -0.3 is 5.32 Å². The highest BCUT2D eigenvalue weighted by Crippen LogP contribution is 2.22. The maximum Gasteiger partial charge on any atom is 0.255 e. The number of anilines is 1. The fourth-order valence-electron chi connectivity index (χ4n) is 2.64. The van der Waals surface area contributed by atoms with Crippen molar-refractivity contribution in [2.45, 2.75) is 11.4 Å². The molecule has 0 aliphatic carbocycles. The van der Waals surface area contributed by atoms with Crippen molar-refractivity contribution < 1.29 is 13.2 Å². The van der Waals surface area contributed by atoms with Gasteiger partial charge in [0, 0.05) is 19.2 Å². The van der Waals surface area contributed by atoms with Gasteiger partial charge in [-0.1, -0.05) is 54.1 Å². The van der Waals surface area contributed by atoms with E-state index in [-0.39, 0.29) is 17.3 Å². The number of para-hydroxylation sites is 1. The number of sulfonamides is 1. The second-order valence-corrected chi connectivity index (χ2v) is 8.66. The van der Waals surface area contributed by atoms with Crippen molar-refractivity contribution in [3.63, 3.8) is 0 Å². The van der Waals surface area contributed by atoms with Gasteiger partial charge in [0.25, 0.3) is 5.91 Å². The highest BCUT2D eigenvalue weighted by atomic mass is 35.5. The summed E-state index contributed by atoms with van der Waals surface area (Å²) in [7, 11) is -2.14. The topological polar surface area (TPSA) is 66.5 Å². The molecule has 0 spiro atoms. The Morgan fingerprint density at radius 3 is 2.18 bits per heavy atom. The fourth-order valence-corrected chi connectivity index (χ4v) is 3.98. The number of nitrogens with one attached hydrogen (secondary N) is 1. The number of halogens is 1. The molecule has 0 fully saturated rings. The van der Waals surface area contributed by atoms with Crippen molar-refractivity contribution in [1.82, 2.24) is 4.31 Å². The number of carbonyl (C=O) groups excluding carboxylic acids is 1. The molecule has 144 valence electrons. The number of benzene rings is 3. The first-order valence-electron chi connectivity index (χ1n) is 8.54. The third-order valence-electron chi connectivity index (χ3n) is 4.19. The van der Waals surface area contributed by atoms with Gasteiger partial charge in [0.05, 0.1) is 15.6 Å². The number of hydrogen-bond donors (Lipinski definition) is 1. The van der Waals surface area contributed by atoms with Crippen LogP contribution in [-0.4, -0.2) is 25.7 Å². The molecule has 0 saturated heterocycles. The van der Waals surface area contributed by atoms with Gasteiger partial charge in [-0.15, -0.1) is 0 Å². The summed E-state index contributed by atoms with van der Waals surface area (Å²) in [5.41, 5.74) is 1.72. The van der Waals surface area contributed by atoms with Gasteiger partial charge in [-0.3, -0.25) is 4.79 Å². The van der Waals surface area contributed by atoms with Gasteiger partial charge in [-0.05, 0) is 42.0 Å². The Morgan fingerprint density at radius 1 is 0.929 bits per heavy atom. The quantitative estimate of drug-likeness (QED) is 0.649. The molecular formula is C21H19ClN2O3S. The summed E-state index contributed by atoms with van der Waals surface area (Å²) in [6.45, 7) is 0.262. The van der Waals surface area contributed by atoms with E-state index in [0.717, 1.165) is 5.56 Å². The van der Waals surface area contributed by atoms with Crippen molar-refractivity contribution in [1.29, 1.82) is 0 Å². The van der Waals surface area contributed by atoms with Crippen LogP contribution in [0.25, 0.3) is 0 Å². The lowest BCUT2D eigenvalue weighted by molar-refractivity contribution is 0.102. The second-order valence-electron chi connectivity index (χ2n) is 6.21. The van der Waals surface area contributed by atoms with Crippen LogP contribution in [0.5, 0.6) is 0 Å². The molecule has 3 rings (SSSR count). The highest BCUT2D eigenvalue weighted by Gasteiger charge is 2.21. The fraction of sp³-hybridized carbons (Fsp3) is 0.0952. The van der Waals surface area contributed by atoms with Gasteiger partial charge in [0.2, 0.25) is 10.0 Å². The van der Waals surface area contributed by atoms with Crippen LogP contribution in [0, 0.1) is 0 Å². The van der Waals surface area contributed by atoms with Crippen molar-refractivity contribution in [2.24, 2.45) is 0 Å². The summed E-state index contributed by atoms with van der Waals surface area (Å²) in [5.74, 6) is -0.366. The SMILES string of the molecule is CN(Cc1ccccc1)S(=O)(=O)c1ccc(C(=O)Nc2ccccc2Cl)cc1. The first-order valence-corrected chi connectivity index (χ1v) is 10.4. The number of carbonyl (C=O) groups is 1. The lowest BCUT2D eigenvalue weighted by atomic mass is 10.2. The molecule has 3 aromatic carbocycles. The Balaban J connectivity index is 1.74. The maximum absolute atomic E-state index is 12.8. The molecule has 0 saturated carbocycles. The summed E-state index contributed by atoms with van der Waals surface area (Å²) < 4.78 is 26.8. The monoisotopic (exact) mass is 414 g/mol. The molecule has 0 bridgehead atoms. The summed E-state index contributed by atoms with van der Waals surface area (Å²) in [6, 6.07) is 22.1. The summed E-state index contributed by atoms with van der Waals surface area (Å²) in [6.07, 6.45) is 0. The van der Waals surface area contributed by atoms with Crippen LogP contribution in [-0.2, 0) is 16.6 Å². The maximum atomic E-state index is 12.8. The molecule has 0 atom stereocenters. The number of hydrogen-bond acceptors (Lipinski definition) is 3. The largest absolute Gasteiger partial charge is 0.321 e. The standard InChI is InChI=1S/C21H19ClN2O3S/c1-24(15-16-7-3-2-4-8-16)28(26,27)18-13-11-17(12-14-18)21(25)23-20-10-6-5-9-19(20)22/h2-14H,15H2,1H3,(H,23,25). The summed E-state index contributed by atoms with van der Waals surface area (Å²) >= 11 is 6.04. The van der Waals surface area contributed by atoms with E-state index in [9.17, 15) is 13.2 Å². The first-order chi connectivity index (χ1) is 13.4. The van der Waals surface area contributed by atoms with E-state index in [1.807, 2.05) is 30.3 Å². The van der Waals surface area contributed by atoms with E-state index < -0.39 is 10.0 Å². The smallest absolute Gasteiger partial charge is 0.255 e. The molecule has 0 aromatic heterocycles. The predicted molar refractivity (Wildman–Crippen MR) is 111 cm³/mol. The third-order valence-corrected chi connectivity index (χ3v) is 6.34. The molecule has 7 heteroatoms. The van der Waals surface area contributed by atoms with E-state index >= 15 is 0 Å². The van der Waals surface area contributed by atoms with Gasteiger partial charge in [0.1, 0.15) is 0 Å². The Hall–Kier alpha value is -2.67. The van der Waals surface area contributed by atoms with Crippen molar-refractivity contribution in [2.75, 3.05) is 12.4 Å². The Morgan fingerprint density at radius 2 is 1.54 bits per heavy atom. The van der Waals surface area contributed by atoms with Crippen LogP contribution in [0.15, 0.2) is 83.8 Å². The normalized spacial score (nSPS) is 11.4. The number of amides is 1. The second kappa shape index (κ2) is 8.56. The molecule has 0 heterocycles. The molecule has 0 aliphatic heterocycles. The first kappa shape index (κ1) is 20.1. The minimum Gasteiger partial charge on any atom is -0.321 e. The molecule has 0 aliphatic rings. The molecular weight excluding hydrogens is 396 g/mol. The van der Waals surface area contributed by atoms with Crippen LogP contribution in [0.1, 0.15) is 15.9 Å². The molecule has 0 unspecified atom stereocenters. The van der Waals surface area contributed by atoms with Gasteiger partial charge in [-0.2, -0.15) is 4.31 Å². The van der Waals surface area contributed by atoms with Crippen molar-refractivity contribution >= 4 is 33.2 Å². The van der Waals surface area contributed by atoms with Crippen molar-refractivity contribution in [3.05, 3.63) is 95.0 Å². The number of nitrogens with zero attached hydrogens (tertiary/aromatic N) is 1. The lowest BCUT2D eigenvalue weighted by Crippen LogP contribution is -2.26. The molecule has 1 N–H and O–H groups in total. The lowest BCUT2D eigenvalue weighted by Gasteiger charge is -2.17. The summed E-state index contributed by atoms with van der Waals surface area (Å²) in [5, 5.41) is 3.14. The van der Waals surface area contributed by atoms with Crippen LogP contribution in [0.3, 0.4) is 0 Å².